The maximum Gasteiger partial charge on any atom is 0.242 e. The van der Waals surface area contributed by atoms with Gasteiger partial charge in [-0.15, -0.1) is 0 Å². The van der Waals surface area contributed by atoms with Gasteiger partial charge in [0.2, 0.25) is 11.8 Å². The van der Waals surface area contributed by atoms with E-state index in [9.17, 15) is 9.59 Å². The molecule has 1 N–H and O–H groups in total. The van der Waals surface area contributed by atoms with Gasteiger partial charge in [-0.05, 0) is 50.8 Å². The molecular formula is C24H32N2O2. The largest absolute Gasteiger partial charge is 0.355 e. The summed E-state index contributed by atoms with van der Waals surface area (Å²) in [6.45, 7) is 10.9. The first-order valence-corrected chi connectivity index (χ1v) is 10.0. The van der Waals surface area contributed by atoms with Crippen LogP contribution in [0.5, 0.6) is 0 Å². The molecule has 28 heavy (non-hydrogen) atoms. The molecule has 0 aliphatic rings. The van der Waals surface area contributed by atoms with E-state index < -0.39 is 6.04 Å². The molecule has 1 atom stereocenters. The fourth-order valence-electron chi connectivity index (χ4n) is 3.36. The fourth-order valence-corrected chi connectivity index (χ4v) is 3.36. The van der Waals surface area contributed by atoms with E-state index in [1.165, 1.54) is 5.56 Å². The van der Waals surface area contributed by atoms with E-state index in [-0.39, 0.29) is 11.8 Å². The third-order valence-electron chi connectivity index (χ3n) is 5.06. The van der Waals surface area contributed by atoms with Crippen molar-refractivity contribution in [3.8, 4) is 0 Å². The van der Waals surface area contributed by atoms with E-state index in [1.807, 2.05) is 65.0 Å². The second-order valence-corrected chi connectivity index (χ2v) is 7.43. The fraction of sp³-hybridized carbons (Fsp3) is 0.417. The Kier molecular flexibility index (Phi) is 7.80. The van der Waals surface area contributed by atoms with Crippen LogP contribution >= 0.6 is 0 Å². The lowest BCUT2D eigenvalue weighted by Gasteiger charge is -2.31. The van der Waals surface area contributed by atoms with Crippen LogP contribution in [0.15, 0.2) is 42.5 Å². The van der Waals surface area contributed by atoms with Gasteiger partial charge in [0.25, 0.3) is 0 Å². The van der Waals surface area contributed by atoms with Gasteiger partial charge in [0.05, 0.1) is 6.42 Å². The van der Waals surface area contributed by atoms with Gasteiger partial charge in [-0.2, -0.15) is 0 Å². The minimum absolute atomic E-state index is 0.0209. The minimum Gasteiger partial charge on any atom is -0.355 e. The normalized spacial score (nSPS) is 11.8. The van der Waals surface area contributed by atoms with Crippen LogP contribution in [0.4, 0.5) is 0 Å². The van der Waals surface area contributed by atoms with Crippen LogP contribution in [-0.2, 0) is 22.6 Å². The van der Waals surface area contributed by atoms with E-state index in [1.54, 1.807) is 4.90 Å². The molecule has 2 aromatic rings. The van der Waals surface area contributed by atoms with Crippen molar-refractivity contribution in [2.75, 3.05) is 6.54 Å². The lowest BCUT2D eigenvalue weighted by atomic mass is 10.0. The first kappa shape index (κ1) is 21.7. The van der Waals surface area contributed by atoms with Gasteiger partial charge in [0.15, 0.2) is 0 Å². The van der Waals surface area contributed by atoms with Crippen molar-refractivity contribution >= 4 is 11.8 Å². The van der Waals surface area contributed by atoms with Crippen molar-refractivity contribution in [1.29, 1.82) is 0 Å². The molecule has 0 spiro atoms. The topological polar surface area (TPSA) is 49.4 Å². The smallest absolute Gasteiger partial charge is 0.242 e. The summed E-state index contributed by atoms with van der Waals surface area (Å²) in [5, 5.41) is 2.88. The van der Waals surface area contributed by atoms with Gasteiger partial charge in [0.1, 0.15) is 6.04 Å². The molecule has 2 aromatic carbocycles. The number of carbonyl (C=O) groups excluding carboxylic acids is 2. The third kappa shape index (κ3) is 5.69. The Morgan fingerprint density at radius 3 is 2.21 bits per heavy atom. The zero-order chi connectivity index (χ0) is 20.7. The van der Waals surface area contributed by atoms with Crippen molar-refractivity contribution in [2.45, 2.75) is 60.0 Å². The molecule has 0 radical (unpaired) electrons. The van der Waals surface area contributed by atoms with Crippen molar-refractivity contribution in [1.82, 2.24) is 10.2 Å². The summed E-state index contributed by atoms with van der Waals surface area (Å²) >= 11 is 0. The number of carbonyl (C=O) groups is 2. The van der Waals surface area contributed by atoms with Gasteiger partial charge in [-0.1, -0.05) is 60.5 Å². The highest BCUT2D eigenvalue weighted by molar-refractivity contribution is 5.88. The molecule has 4 heteroatoms. The molecule has 0 aliphatic heterocycles. The quantitative estimate of drug-likeness (QED) is 0.750. The second kappa shape index (κ2) is 10.1. The van der Waals surface area contributed by atoms with Crippen LogP contribution in [0.3, 0.4) is 0 Å². The Morgan fingerprint density at radius 1 is 0.964 bits per heavy atom. The second-order valence-electron chi connectivity index (χ2n) is 7.43. The van der Waals surface area contributed by atoms with Crippen LogP contribution in [0, 0.1) is 20.8 Å². The van der Waals surface area contributed by atoms with Gasteiger partial charge < -0.3 is 10.2 Å². The van der Waals surface area contributed by atoms with Gasteiger partial charge >= 0.3 is 0 Å². The predicted octanol–water partition coefficient (Wildman–Crippen LogP) is 4.10. The molecule has 0 saturated carbocycles. The van der Waals surface area contributed by atoms with E-state index >= 15 is 0 Å². The summed E-state index contributed by atoms with van der Waals surface area (Å²) < 4.78 is 0. The number of aryl methyl sites for hydroxylation is 3. The number of nitrogens with one attached hydrogen (secondary N) is 1. The number of nitrogens with zero attached hydrogens (tertiary/aromatic N) is 1. The molecule has 0 fully saturated rings. The molecule has 0 aromatic heterocycles. The van der Waals surface area contributed by atoms with Crippen LogP contribution in [0.1, 0.15) is 48.1 Å². The van der Waals surface area contributed by atoms with Gasteiger partial charge in [0, 0.05) is 13.1 Å². The van der Waals surface area contributed by atoms with Crippen molar-refractivity contribution in [2.24, 2.45) is 0 Å². The molecule has 0 aliphatic carbocycles. The van der Waals surface area contributed by atoms with E-state index in [0.717, 1.165) is 22.3 Å². The molecule has 0 heterocycles. The number of benzene rings is 2. The molecule has 0 saturated heterocycles. The van der Waals surface area contributed by atoms with Crippen LogP contribution in [-0.4, -0.2) is 29.3 Å². The highest BCUT2D eigenvalue weighted by atomic mass is 16.2. The number of amides is 2. The minimum atomic E-state index is -0.473. The highest BCUT2D eigenvalue weighted by Crippen LogP contribution is 2.17. The first-order chi connectivity index (χ1) is 13.3. The zero-order valence-electron chi connectivity index (χ0n) is 17.7. The number of hydrogen-bond donors (Lipinski definition) is 1. The molecule has 0 bridgehead atoms. The summed E-state index contributed by atoms with van der Waals surface area (Å²) in [6.07, 6.45) is 0.880. The van der Waals surface area contributed by atoms with Crippen molar-refractivity contribution in [3.63, 3.8) is 0 Å². The standard InChI is InChI=1S/C24H32N2O2/c1-6-22(24(28)25-7-2)26(16-20-12-9-17(3)10-13-20)23(27)15-21-14-18(4)8-11-19(21)5/h8-14,22H,6-7,15-16H2,1-5H3,(H,25,28)/t22-/m1/s1. The Bertz CT molecular complexity index is 812. The average Bonchev–Trinajstić information content (AvgIpc) is 2.66. The summed E-state index contributed by atoms with van der Waals surface area (Å²) in [5.74, 6) is -0.112. The molecule has 4 nitrogen and oxygen atoms in total. The third-order valence-corrected chi connectivity index (χ3v) is 5.06. The van der Waals surface area contributed by atoms with Gasteiger partial charge in [-0.25, -0.2) is 0 Å². The highest BCUT2D eigenvalue weighted by Gasteiger charge is 2.28. The van der Waals surface area contributed by atoms with Crippen molar-refractivity contribution < 1.29 is 9.59 Å². The van der Waals surface area contributed by atoms with Crippen LogP contribution in [0.2, 0.25) is 0 Å². The monoisotopic (exact) mass is 380 g/mol. The maximum absolute atomic E-state index is 13.3. The molecule has 150 valence electrons. The molecular weight excluding hydrogens is 348 g/mol. The lowest BCUT2D eigenvalue weighted by Crippen LogP contribution is -2.49. The van der Waals surface area contributed by atoms with Crippen LogP contribution in [0.25, 0.3) is 0 Å². The molecule has 2 amide bonds. The zero-order valence-corrected chi connectivity index (χ0v) is 17.7. The SMILES string of the molecule is CCNC(=O)[C@@H](CC)N(Cc1ccc(C)cc1)C(=O)Cc1cc(C)ccc1C. The Hall–Kier alpha value is -2.62. The number of hydrogen-bond acceptors (Lipinski definition) is 2. The molecule has 0 unspecified atom stereocenters. The average molecular weight is 381 g/mol. The van der Waals surface area contributed by atoms with Gasteiger partial charge in [-0.3, -0.25) is 9.59 Å². The Morgan fingerprint density at radius 2 is 1.61 bits per heavy atom. The van der Waals surface area contributed by atoms with Crippen molar-refractivity contribution in [3.05, 3.63) is 70.3 Å². The Labute approximate surface area is 169 Å². The summed E-state index contributed by atoms with van der Waals surface area (Å²) in [4.78, 5) is 27.7. The Balaban J connectivity index is 2.32. The van der Waals surface area contributed by atoms with E-state index in [0.29, 0.717) is 25.9 Å². The summed E-state index contributed by atoms with van der Waals surface area (Å²) in [7, 11) is 0. The number of likely N-dealkylation sites (N-methyl/N-ethyl adjacent to an activating group) is 1. The number of rotatable bonds is 8. The maximum atomic E-state index is 13.3. The van der Waals surface area contributed by atoms with E-state index in [2.05, 4.69) is 17.4 Å². The predicted molar refractivity (Wildman–Crippen MR) is 114 cm³/mol. The molecule has 2 rings (SSSR count). The van der Waals surface area contributed by atoms with Crippen LogP contribution < -0.4 is 5.32 Å². The summed E-state index contributed by atoms with van der Waals surface area (Å²) in [6, 6.07) is 13.8. The van der Waals surface area contributed by atoms with E-state index in [4.69, 9.17) is 0 Å². The first-order valence-electron chi connectivity index (χ1n) is 10.0. The lowest BCUT2D eigenvalue weighted by molar-refractivity contribution is -0.140. The summed E-state index contributed by atoms with van der Waals surface area (Å²) in [5.41, 5.74) is 5.45.